The molecule has 0 N–H and O–H groups in total. The summed E-state index contributed by atoms with van der Waals surface area (Å²) in [6.45, 7) is 0.271. The van der Waals surface area contributed by atoms with E-state index in [0.717, 1.165) is 24.3 Å². The van der Waals surface area contributed by atoms with E-state index in [1.807, 2.05) is 0 Å². The molecule has 1 aliphatic heterocycles. The molecule has 1 nitrogen and oxygen atoms in total. The van der Waals surface area contributed by atoms with Crippen molar-refractivity contribution in [3.8, 4) is 16.9 Å². The van der Waals surface area contributed by atoms with Gasteiger partial charge in [0.15, 0.2) is 11.6 Å². The summed E-state index contributed by atoms with van der Waals surface area (Å²) >= 11 is 0. The van der Waals surface area contributed by atoms with E-state index in [4.69, 9.17) is 4.74 Å². The first-order valence-corrected chi connectivity index (χ1v) is 6.18. The van der Waals surface area contributed by atoms with Crippen molar-refractivity contribution in [1.82, 2.24) is 0 Å². The summed E-state index contributed by atoms with van der Waals surface area (Å²) in [6.07, 6.45) is -4.15. The van der Waals surface area contributed by atoms with Crippen LogP contribution in [0.25, 0.3) is 11.1 Å². The summed E-state index contributed by atoms with van der Waals surface area (Å²) in [7, 11) is 0. The maximum absolute atomic E-state index is 13.3. The second-order valence-electron chi connectivity index (χ2n) is 4.74. The smallest absolute Gasteiger partial charge is 0.416 e. The zero-order valence-corrected chi connectivity index (χ0v) is 10.6. The Labute approximate surface area is 117 Å². The van der Waals surface area contributed by atoms with Gasteiger partial charge in [-0.05, 0) is 35.4 Å². The van der Waals surface area contributed by atoms with Crippen molar-refractivity contribution in [2.24, 2.45) is 0 Å². The fourth-order valence-corrected chi connectivity index (χ4v) is 2.35. The van der Waals surface area contributed by atoms with Crippen LogP contribution in [0.15, 0.2) is 30.3 Å². The zero-order valence-electron chi connectivity index (χ0n) is 10.6. The highest BCUT2D eigenvalue weighted by Gasteiger charge is 2.33. The quantitative estimate of drug-likeness (QED) is 0.700. The Kier molecular flexibility index (Phi) is 3.11. The van der Waals surface area contributed by atoms with E-state index in [1.54, 1.807) is 0 Å². The van der Waals surface area contributed by atoms with Crippen LogP contribution in [0.2, 0.25) is 0 Å². The summed E-state index contributed by atoms with van der Waals surface area (Å²) in [4.78, 5) is 0. The van der Waals surface area contributed by atoms with Gasteiger partial charge in [0.1, 0.15) is 5.75 Å². The normalized spacial score (nSPS) is 14.0. The second kappa shape index (κ2) is 4.72. The Balaban J connectivity index is 2.21. The molecule has 0 unspecified atom stereocenters. The van der Waals surface area contributed by atoms with Crippen LogP contribution >= 0.6 is 0 Å². The van der Waals surface area contributed by atoms with Gasteiger partial charge in [0.05, 0.1) is 12.2 Å². The van der Waals surface area contributed by atoms with Crippen LogP contribution in [0.1, 0.15) is 11.1 Å². The predicted molar refractivity (Wildman–Crippen MR) is 66.0 cm³/mol. The molecule has 2 aromatic rings. The minimum absolute atomic E-state index is 0.122. The number of ether oxygens (including phenoxy) is 1. The van der Waals surface area contributed by atoms with E-state index < -0.39 is 23.4 Å². The average molecular weight is 300 g/mol. The van der Waals surface area contributed by atoms with Gasteiger partial charge in [0.2, 0.25) is 0 Å². The third-order valence-electron chi connectivity index (χ3n) is 3.34. The van der Waals surface area contributed by atoms with Gasteiger partial charge >= 0.3 is 6.18 Å². The topological polar surface area (TPSA) is 9.23 Å². The highest BCUT2D eigenvalue weighted by Crippen LogP contribution is 2.42. The van der Waals surface area contributed by atoms with Crippen molar-refractivity contribution < 1.29 is 26.7 Å². The summed E-state index contributed by atoms with van der Waals surface area (Å²) in [5, 5.41) is 0. The molecule has 0 aliphatic carbocycles. The summed E-state index contributed by atoms with van der Waals surface area (Å²) in [6, 6.07) is 4.91. The zero-order chi connectivity index (χ0) is 15.2. The van der Waals surface area contributed by atoms with Gasteiger partial charge in [-0.15, -0.1) is 0 Å². The Morgan fingerprint density at radius 2 is 1.71 bits per heavy atom. The molecule has 0 atom stereocenters. The number of rotatable bonds is 1. The van der Waals surface area contributed by atoms with Crippen LogP contribution in [-0.4, -0.2) is 6.61 Å². The Morgan fingerprint density at radius 3 is 2.38 bits per heavy atom. The first-order chi connectivity index (χ1) is 9.86. The lowest BCUT2D eigenvalue weighted by molar-refractivity contribution is -0.137. The molecule has 1 aliphatic rings. The number of fused-ring (bicyclic) bond motifs is 1. The first kappa shape index (κ1) is 13.9. The van der Waals surface area contributed by atoms with Crippen LogP contribution < -0.4 is 4.74 Å². The van der Waals surface area contributed by atoms with E-state index in [-0.39, 0.29) is 17.7 Å². The molecule has 0 aromatic heterocycles. The summed E-state index contributed by atoms with van der Waals surface area (Å²) in [5.41, 5.74) is -0.134. The third-order valence-corrected chi connectivity index (χ3v) is 3.34. The largest absolute Gasteiger partial charge is 0.492 e. The van der Waals surface area contributed by atoms with Crippen molar-refractivity contribution >= 4 is 0 Å². The molecule has 0 amide bonds. The molecule has 0 bridgehead atoms. The van der Waals surface area contributed by atoms with Crippen molar-refractivity contribution in [3.63, 3.8) is 0 Å². The lowest BCUT2D eigenvalue weighted by Gasteiger charge is -2.13. The maximum atomic E-state index is 13.3. The minimum Gasteiger partial charge on any atom is -0.492 e. The lowest BCUT2D eigenvalue weighted by Crippen LogP contribution is -2.06. The molecule has 3 rings (SSSR count). The SMILES string of the molecule is Fc1ccc(-c2cc(C(F)(F)F)cc3c2OCC3)cc1F. The third kappa shape index (κ3) is 2.46. The fraction of sp³-hybridized carbons (Fsp3) is 0.200. The first-order valence-electron chi connectivity index (χ1n) is 6.18. The molecule has 0 saturated carbocycles. The van der Waals surface area contributed by atoms with Gasteiger partial charge in [-0.1, -0.05) is 6.07 Å². The van der Waals surface area contributed by atoms with Gasteiger partial charge < -0.3 is 4.74 Å². The van der Waals surface area contributed by atoms with Crippen molar-refractivity contribution in [3.05, 3.63) is 53.1 Å². The van der Waals surface area contributed by atoms with Crippen molar-refractivity contribution in [2.75, 3.05) is 6.61 Å². The molecule has 6 heteroatoms. The lowest BCUT2D eigenvalue weighted by atomic mass is 9.97. The fourth-order valence-electron chi connectivity index (χ4n) is 2.35. The number of halogens is 5. The van der Waals surface area contributed by atoms with E-state index in [9.17, 15) is 22.0 Å². The van der Waals surface area contributed by atoms with Crippen LogP contribution in [0.5, 0.6) is 5.75 Å². The Bertz CT molecular complexity index is 706. The van der Waals surface area contributed by atoms with E-state index in [0.29, 0.717) is 17.7 Å². The molecule has 2 aromatic carbocycles. The molecular formula is C15H9F5O. The number of benzene rings is 2. The molecule has 0 radical (unpaired) electrons. The predicted octanol–water partition coefficient (Wildman–Crippen LogP) is 4.59. The summed E-state index contributed by atoms with van der Waals surface area (Å²) in [5.74, 6) is -1.87. The average Bonchev–Trinajstić information content (AvgIpc) is 2.88. The van der Waals surface area contributed by atoms with Gasteiger partial charge in [0.25, 0.3) is 0 Å². The minimum atomic E-state index is -4.51. The molecule has 0 fully saturated rings. The van der Waals surface area contributed by atoms with Crippen LogP contribution in [0.4, 0.5) is 22.0 Å². The standard InChI is InChI=1S/C15H9F5O/c16-12-2-1-8(6-13(12)17)11-7-10(15(18,19)20)5-9-3-4-21-14(9)11/h1-2,5-7H,3-4H2. The van der Waals surface area contributed by atoms with Gasteiger partial charge in [0, 0.05) is 12.0 Å². The monoisotopic (exact) mass is 300 g/mol. The molecular weight excluding hydrogens is 291 g/mol. The van der Waals surface area contributed by atoms with E-state index in [2.05, 4.69) is 0 Å². The van der Waals surface area contributed by atoms with Gasteiger partial charge in [-0.25, -0.2) is 8.78 Å². The van der Waals surface area contributed by atoms with Gasteiger partial charge in [-0.3, -0.25) is 0 Å². The maximum Gasteiger partial charge on any atom is 0.416 e. The Morgan fingerprint density at radius 1 is 0.952 bits per heavy atom. The van der Waals surface area contributed by atoms with Crippen LogP contribution in [0, 0.1) is 11.6 Å². The van der Waals surface area contributed by atoms with E-state index in [1.165, 1.54) is 6.07 Å². The number of alkyl halides is 3. The van der Waals surface area contributed by atoms with E-state index >= 15 is 0 Å². The second-order valence-corrected chi connectivity index (χ2v) is 4.74. The summed E-state index contributed by atoms with van der Waals surface area (Å²) < 4.78 is 70.4. The Hall–Kier alpha value is -2.11. The van der Waals surface area contributed by atoms with Crippen LogP contribution in [-0.2, 0) is 12.6 Å². The molecule has 0 spiro atoms. The highest BCUT2D eigenvalue weighted by molar-refractivity contribution is 5.74. The number of hydrogen-bond donors (Lipinski definition) is 0. The van der Waals surface area contributed by atoms with Crippen LogP contribution in [0.3, 0.4) is 0 Å². The van der Waals surface area contributed by atoms with Gasteiger partial charge in [-0.2, -0.15) is 13.2 Å². The van der Waals surface area contributed by atoms with Crippen molar-refractivity contribution in [1.29, 1.82) is 0 Å². The number of hydrogen-bond acceptors (Lipinski definition) is 1. The molecule has 1 heterocycles. The highest BCUT2D eigenvalue weighted by atomic mass is 19.4. The molecule has 110 valence electrons. The molecule has 21 heavy (non-hydrogen) atoms. The van der Waals surface area contributed by atoms with Crippen molar-refractivity contribution in [2.45, 2.75) is 12.6 Å². The molecule has 0 saturated heterocycles.